The third-order valence-corrected chi connectivity index (χ3v) is 5.77. The van der Waals surface area contributed by atoms with Gasteiger partial charge in [-0.05, 0) is 38.0 Å². The van der Waals surface area contributed by atoms with E-state index in [0.717, 1.165) is 32.1 Å². The Labute approximate surface area is 164 Å². The lowest BCUT2D eigenvalue weighted by molar-refractivity contribution is -0.228. The first-order valence-corrected chi connectivity index (χ1v) is 10.5. The fraction of sp³-hybridized carbons (Fsp3) is 0.818. The van der Waals surface area contributed by atoms with E-state index in [1.165, 1.54) is 39.9 Å². The van der Waals surface area contributed by atoms with Gasteiger partial charge in [0.25, 0.3) is 5.79 Å². The smallest absolute Gasteiger partial charge is 0.364 e. The van der Waals surface area contributed by atoms with Crippen molar-refractivity contribution in [2.75, 3.05) is 14.2 Å². The van der Waals surface area contributed by atoms with Crippen molar-refractivity contribution in [3.05, 3.63) is 12.2 Å². The van der Waals surface area contributed by atoms with Crippen LogP contribution >= 0.6 is 0 Å². The molecule has 0 unspecified atom stereocenters. The summed E-state index contributed by atoms with van der Waals surface area (Å²) in [6, 6.07) is 0. The molecule has 5 heteroatoms. The molecule has 2 atom stereocenters. The van der Waals surface area contributed by atoms with Crippen LogP contribution in [0.25, 0.3) is 0 Å². The molecule has 1 N–H and O–H groups in total. The molecule has 156 valence electrons. The van der Waals surface area contributed by atoms with Gasteiger partial charge in [0.1, 0.15) is 5.78 Å². The fourth-order valence-corrected chi connectivity index (χ4v) is 3.97. The van der Waals surface area contributed by atoms with Gasteiger partial charge in [0.05, 0.1) is 0 Å². The van der Waals surface area contributed by atoms with E-state index in [1.807, 2.05) is 0 Å². The number of allylic oxidation sites excluding steroid dienone is 2. The summed E-state index contributed by atoms with van der Waals surface area (Å²) in [6.45, 7) is 2.22. The molecule has 27 heavy (non-hydrogen) atoms. The second kappa shape index (κ2) is 13.1. The number of carboxylic acids is 1. The van der Waals surface area contributed by atoms with E-state index in [9.17, 15) is 14.7 Å². The lowest BCUT2D eigenvalue weighted by atomic mass is 9.89. The van der Waals surface area contributed by atoms with E-state index >= 15 is 0 Å². The Bertz CT molecular complexity index is 467. The van der Waals surface area contributed by atoms with Gasteiger partial charge in [-0.1, -0.05) is 51.2 Å². The molecule has 0 aromatic carbocycles. The monoisotopic (exact) mass is 382 g/mol. The van der Waals surface area contributed by atoms with Gasteiger partial charge in [-0.25, -0.2) is 4.79 Å². The highest BCUT2D eigenvalue weighted by molar-refractivity contribution is 5.83. The number of hydrogen-bond acceptors (Lipinski definition) is 4. The number of rotatable bonds is 15. The summed E-state index contributed by atoms with van der Waals surface area (Å²) in [4.78, 5) is 23.5. The number of methoxy groups -OCH3 is 2. The summed E-state index contributed by atoms with van der Waals surface area (Å²) in [5.74, 6) is -1.72. The SMILES string of the molecule is CCCCCCC=C[C@H]1CCC(=O)[C@@H]1CCCCCC(OC)(OC)C(=O)O. The quantitative estimate of drug-likeness (QED) is 0.241. The van der Waals surface area contributed by atoms with Crippen molar-refractivity contribution in [3.63, 3.8) is 0 Å². The molecule has 0 bridgehead atoms. The Kier molecular flexibility index (Phi) is 11.5. The van der Waals surface area contributed by atoms with Crippen molar-refractivity contribution in [1.82, 2.24) is 0 Å². The van der Waals surface area contributed by atoms with Crippen LogP contribution in [0.4, 0.5) is 0 Å². The molecule has 0 heterocycles. The van der Waals surface area contributed by atoms with Crippen LogP contribution in [0.5, 0.6) is 0 Å². The molecule has 5 nitrogen and oxygen atoms in total. The number of ether oxygens (including phenoxy) is 2. The third-order valence-electron chi connectivity index (χ3n) is 5.77. The van der Waals surface area contributed by atoms with Gasteiger partial charge in [0.15, 0.2) is 0 Å². The fourth-order valence-electron chi connectivity index (χ4n) is 3.97. The molecule has 1 aliphatic carbocycles. The van der Waals surface area contributed by atoms with Gasteiger partial charge in [-0.3, -0.25) is 4.79 Å². The Hall–Kier alpha value is -1.20. The van der Waals surface area contributed by atoms with Gasteiger partial charge >= 0.3 is 5.97 Å². The van der Waals surface area contributed by atoms with Crippen LogP contribution in [0.15, 0.2) is 12.2 Å². The van der Waals surface area contributed by atoms with Gasteiger partial charge in [0.2, 0.25) is 0 Å². The second-order valence-electron chi connectivity index (χ2n) is 7.62. The topological polar surface area (TPSA) is 72.8 Å². The number of carbonyl (C=O) groups excluding carboxylic acids is 1. The molecule has 0 radical (unpaired) electrons. The first kappa shape index (κ1) is 23.8. The number of ketones is 1. The van der Waals surface area contributed by atoms with Crippen LogP contribution < -0.4 is 0 Å². The second-order valence-corrected chi connectivity index (χ2v) is 7.62. The zero-order chi connectivity index (χ0) is 20.1. The van der Waals surface area contributed by atoms with Crippen LogP contribution in [0.1, 0.15) is 84.0 Å². The van der Waals surface area contributed by atoms with E-state index in [2.05, 4.69) is 19.1 Å². The highest BCUT2D eigenvalue weighted by Gasteiger charge is 2.38. The maximum absolute atomic E-state index is 12.2. The third kappa shape index (κ3) is 7.74. The zero-order valence-corrected chi connectivity index (χ0v) is 17.4. The summed E-state index contributed by atoms with van der Waals surface area (Å²) in [5.41, 5.74) is 0. The molecule has 0 amide bonds. The molecular weight excluding hydrogens is 344 g/mol. The van der Waals surface area contributed by atoms with Crippen molar-refractivity contribution in [3.8, 4) is 0 Å². The average molecular weight is 383 g/mol. The van der Waals surface area contributed by atoms with E-state index < -0.39 is 11.8 Å². The van der Waals surface area contributed by atoms with Crippen LogP contribution in [0, 0.1) is 11.8 Å². The van der Waals surface area contributed by atoms with Crippen molar-refractivity contribution in [2.45, 2.75) is 89.8 Å². The molecule has 0 aromatic rings. The highest BCUT2D eigenvalue weighted by Crippen LogP contribution is 2.34. The molecule has 0 aromatic heterocycles. The van der Waals surface area contributed by atoms with E-state index in [1.54, 1.807) is 0 Å². The summed E-state index contributed by atoms with van der Waals surface area (Å²) in [6.07, 6.45) is 16.1. The number of aliphatic carboxylic acids is 1. The molecule has 1 aliphatic rings. The van der Waals surface area contributed by atoms with Crippen molar-refractivity contribution < 1.29 is 24.2 Å². The van der Waals surface area contributed by atoms with Crippen LogP contribution in [-0.4, -0.2) is 36.9 Å². The van der Waals surface area contributed by atoms with Gasteiger partial charge in [-0.15, -0.1) is 0 Å². The summed E-state index contributed by atoms with van der Waals surface area (Å²) < 4.78 is 10.1. The molecular formula is C22H38O5. The van der Waals surface area contributed by atoms with Crippen molar-refractivity contribution in [1.29, 1.82) is 0 Å². The van der Waals surface area contributed by atoms with Crippen LogP contribution in [0.3, 0.4) is 0 Å². The summed E-state index contributed by atoms with van der Waals surface area (Å²) in [7, 11) is 2.71. The van der Waals surface area contributed by atoms with E-state index in [-0.39, 0.29) is 5.92 Å². The molecule has 1 saturated carbocycles. The normalized spacial score (nSPS) is 20.6. The Morgan fingerprint density at radius 3 is 2.48 bits per heavy atom. The lowest BCUT2D eigenvalue weighted by Crippen LogP contribution is -2.42. The molecule has 1 fully saturated rings. The minimum Gasteiger partial charge on any atom is -0.477 e. The van der Waals surface area contributed by atoms with Crippen molar-refractivity contribution in [2.24, 2.45) is 11.8 Å². The standard InChI is InChI=1S/C22H38O5/c1-4-5-6-7-8-10-13-18-15-16-20(23)19(18)14-11-9-12-17-22(26-2,27-3)21(24)25/h10,13,18-19H,4-9,11-12,14-17H2,1-3H3,(H,24,25)/t18-,19+/m0/s1. The maximum Gasteiger partial charge on any atom is 0.364 e. The molecule has 0 spiro atoms. The highest BCUT2D eigenvalue weighted by atomic mass is 16.7. The zero-order valence-electron chi connectivity index (χ0n) is 17.4. The summed E-state index contributed by atoms with van der Waals surface area (Å²) in [5, 5.41) is 9.27. The Morgan fingerprint density at radius 2 is 1.85 bits per heavy atom. The van der Waals surface area contributed by atoms with Gasteiger partial charge in [-0.2, -0.15) is 0 Å². The number of Topliss-reactive ketones (excluding diaryl/α,β-unsaturated/α-hetero) is 1. The molecule has 0 aliphatic heterocycles. The predicted molar refractivity (Wildman–Crippen MR) is 107 cm³/mol. The Balaban J connectivity index is 2.33. The number of carboxylic acid groups (broad SMARTS) is 1. The number of unbranched alkanes of at least 4 members (excludes halogenated alkanes) is 6. The summed E-state index contributed by atoms with van der Waals surface area (Å²) >= 11 is 0. The average Bonchev–Trinajstić information content (AvgIpc) is 3.01. The molecule has 1 rings (SSSR count). The predicted octanol–water partition coefficient (Wildman–Crippen LogP) is 5.13. The first-order chi connectivity index (χ1) is 13.0. The largest absolute Gasteiger partial charge is 0.477 e. The van der Waals surface area contributed by atoms with Crippen molar-refractivity contribution >= 4 is 11.8 Å². The lowest BCUT2D eigenvalue weighted by Gasteiger charge is -2.26. The maximum atomic E-state index is 12.2. The van der Waals surface area contributed by atoms with Crippen LogP contribution in [-0.2, 0) is 19.1 Å². The van der Waals surface area contributed by atoms with E-state index in [0.29, 0.717) is 31.0 Å². The minimum atomic E-state index is -1.55. The minimum absolute atomic E-state index is 0.144. The van der Waals surface area contributed by atoms with Gasteiger partial charge in [0, 0.05) is 33.0 Å². The van der Waals surface area contributed by atoms with Crippen LogP contribution in [0.2, 0.25) is 0 Å². The van der Waals surface area contributed by atoms with E-state index in [4.69, 9.17) is 9.47 Å². The van der Waals surface area contributed by atoms with Gasteiger partial charge < -0.3 is 14.6 Å². The Morgan fingerprint density at radius 1 is 1.15 bits per heavy atom. The molecule has 0 saturated heterocycles. The number of hydrogen-bond donors (Lipinski definition) is 1. The number of carbonyl (C=O) groups is 2. The first-order valence-electron chi connectivity index (χ1n) is 10.5.